The number of rotatable bonds is 7. The van der Waals surface area contributed by atoms with Gasteiger partial charge in [0.15, 0.2) is 5.78 Å². The van der Waals surface area contributed by atoms with Gasteiger partial charge in [-0.05, 0) is 19.1 Å². The number of ether oxygens (including phenoxy) is 2. The average molecular weight is 356 g/mol. The van der Waals surface area contributed by atoms with Crippen molar-refractivity contribution in [2.75, 3.05) is 0 Å². The first-order valence-corrected chi connectivity index (χ1v) is 7.98. The fourth-order valence-electron chi connectivity index (χ4n) is 2.09. The van der Waals surface area contributed by atoms with Gasteiger partial charge in [-0.3, -0.25) is 4.79 Å². The van der Waals surface area contributed by atoms with Crippen molar-refractivity contribution in [1.29, 1.82) is 0 Å². The summed E-state index contributed by atoms with van der Waals surface area (Å²) in [5.74, 6) is -3.66. The third-order valence-corrected chi connectivity index (χ3v) is 3.57. The summed E-state index contributed by atoms with van der Waals surface area (Å²) in [6.45, 7) is 6.43. The molecule has 1 atom stereocenters. The van der Waals surface area contributed by atoms with Gasteiger partial charge in [0.05, 0.1) is 12.0 Å². The van der Waals surface area contributed by atoms with Crippen LogP contribution in [-0.2, 0) is 9.53 Å². The predicted octanol–water partition coefficient (Wildman–Crippen LogP) is 3.18. The summed E-state index contributed by atoms with van der Waals surface area (Å²) < 4.78 is 10.2. The molecule has 2 aromatic carbocycles. The van der Waals surface area contributed by atoms with Crippen LogP contribution in [0, 0.1) is 0 Å². The molecule has 1 unspecified atom stereocenters. The highest BCUT2D eigenvalue weighted by Crippen LogP contribution is 2.29. The van der Waals surface area contributed by atoms with Crippen LogP contribution in [0.4, 0.5) is 0 Å². The molecule has 0 bridgehead atoms. The van der Waals surface area contributed by atoms with E-state index in [0.29, 0.717) is 5.56 Å². The lowest BCUT2D eigenvalue weighted by Crippen LogP contribution is -2.40. The van der Waals surface area contributed by atoms with Crippen molar-refractivity contribution in [3.63, 3.8) is 0 Å². The minimum Gasteiger partial charge on any atom is -0.507 e. The van der Waals surface area contributed by atoms with Gasteiger partial charge >= 0.3 is 11.9 Å². The van der Waals surface area contributed by atoms with Crippen LogP contribution in [-0.4, -0.2) is 27.9 Å². The first-order chi connectivity index (χ1) is 12.3. The fourth-order valence-corrected chi connectivity index (χ4v) is 2.09. The molecule has 0 aliphatic rings. The average Bonchev–Trinajstić information content (AvgIpc) is 2.62. The second-order valence-electron chi connectivity index (χ2n) is 5.71. The normalized spacial score (nSPS) is 12.7. The second kappa shape index (κ2) is 7.84. The summed E-state index contributed by atoms with van der Waals surface area (Å²) in [6, 6.07) is 12.4. The highest BCUT2D eigenvalue weighted by Gasteiger charge is 2.33. The molecule has 0 spiro atoms. The molecule has 0 radical (unpaired) electrons. The van der Waals surface area contributed by atoms with E-state index in [0.717, 1.165) is 0 Å². The number of phenolic OH excluding ortho intramolecular Hbond substituents is 1. The Morgan fingerprint density at radius 1 is 1.15 bits per heavy atom. The van der Waals surface area contributed by atoms with Crippen molar-refractivity contribution in [2.45, 2.75) is 26.2 Å². The van der Waals surface area contributed by atoms with E-state index in [-0.39, 0.29) is 34.8 Å². The summed E-state index contributed by atoms with van der Waals surface area (Å²) in [6.07, 6.45) is -0.0581. The van der Waals surface area contributed by atoms with Crippen molar-refractivity contribution in [3.05, 3.63) is 71.8 Å². The van der Waals surface area contributed by atoms with E-state index in [2.05, 4.69) is 6.58 Å². The molecule has 0 aliphatic carbocycles. The van der Waals surface area contributed by atoms with Crippen LogP contribution in [0.2, 0.25) is 0 Å². The minimum absolute atomic E-state index is 0.0333. The number of phenols is 1. The van der Waals surface area contributed by atoms with Crippen molar-refractivity contribution < 1.29 is 29.3 Å². The monoisotopic (exact) mass is 356 g/mol. The van der Waals surface area contributed by atoms with Crippen molar-refractivity contribution >= 4 is 11.8 Å². The SMILES string of the molecule is C=C(C)C(=O)OC(O)(CC)Oc1ccc(C(=O)c2ccccc2)c(O)c1. The van der Waals surface area contributed by atoms with Gasteiger partial charge in [0.25, 0.3) is 0 Å². The molecule has 0 saturated heterocycles. The molecule has 0 fully saturated rings. The topological polar surface area (TPSA) is 93.1 Å². The Kier molecular flexibility index (Phi) is 5.79. The summed E-state index contributed by atoms with van der Waals surface area (Å²) in [5.41, 5.74) is 0.617. The second-order valence-corrected chi connectivity index (χ2v) is 5.71. The minimum atomic E-state index is -2.21. The Balaban J connectivity index is 2.22. The van der Waals surface area contributed by atoms with Gasteiger partial charge in [-0.15, -0.1) is 0 Å². The first kappa shape index (κ1) is 19.2. The summed E-state index contributed by atoms with van der Waals surface area (Å²) in [5, 5.41) is 20.4. The molecule has 2 aromatic rings. The molecule has 26 heavy (non-hydrogen) atoms. The van der Waals surface area contributed by atoms with E-state index in [1.807, 2.05) is 0 Å². The van der Waals surface area contributed by atoms with E-state index >= 15 is 0 Å². The van der Waals surface area contributed by atoms with Crippen LogP contribution in [0.25, 0.3) is 0 Å². The van der Waals surface area contributed by atoms with Gasteiger partial charge in [-0.25, -0.2) is 4.79 Å². The molecule has 2 rings (SSSR count). The molecular formula is C20H20O6. The molecule has 2 N–H and O–H groups in total. The lowest BCUT2D eigenvalue weighted by atomic mass is 10.0. The summed E-state index contributed by atoms with van der Waals surface area (Å²) in [7, 11) is 0. The largest absolute Gasteiger partial charge is 0.507 e. The van der Waals surface area contributed by atoms with Crippen molar-refractivity contribution in [3.8, 4) is 11.5 Å². The van der Waals surface area contributed by atoms with Gasteiger partial charge in [-0.1, -0.05) is 43.8 Å². The van der Waals surface area contributed by atoms with Crippen LogP contribution in [0.1, 0.15) is 36.2 Å². The molecule has 6 nitrogen and oxygen atoms in total. The zero-order chi connectivity index (χ0) is 19.3. The number of aliphatic hydroxyl groups is 1. The Hall–Kier alpha value is -3.12. The quantitative estimate of drug-likeness (QED) is 0.343. The standard InChI is InChI=1S/C20H20O6/c1-4-20(24,26-19(23)13(2)3)25-15-10-11-16(17(21)12-15)18(22)14-8-6-5-7-9-14/h5-12,21,24H,2,4H2,1,3H3. The third-order valence-electron chi connectivity index (χ3n) is 3.57. The van der Waals surface area contributed by atoms with Crippen LogP contribution < -0.4 is 4.74 Å². The molecule has 136 valence electrons. The summed E-state index contributed by atoms with van der Waals surface area (Å²) in [4.78, 5) is 24.0. The van der Waals surface area contributed by atoms with Crippen LogP contribution in [0.5, 0.6) is 11.5 Å². The maximum absolute atomic E-state index is 12.4. The number of esters is 1. The highest BCUT2D eigenvalue weighted by molar-refractivity contribution is 6.10. The van der Waals surface area contributed by atoms with E-state index in [4.69, 9.17) is 9.47 Å². The Labute approximate surface area is 151 Å². The number of ketones is 1. The fraction of sp³-hybridized carbons (Fsp3) is 0.200. The molecule has 0 saturated carbocycles. The number of aromatic hydroxyl groups is 1. The van der Waals surface area contributed by atoms with E-state index in [1.54, 1.807) is 37.3 Å². The number of hydrogen-bond acceptors (Lipinski definition) is 6. The Morgan fingerprint density at radius 3 is 2.35 bits per heavy atom. The van der Waals surface area contributed by atoms with Gasteiger partial charge in [-0.2, -0.15) is 0 Å². The zero-order valence-corrected chi connectivity index (χ0v) is 14.6. The molecule has 0 aromatic heterocycles. The lowest BCUT2D eigenvalue weighted by molar-refractivity contribution is -0.301. The van der Waals surface area contributed by atoms with Gasteiger partial charge in [0.2, 0.25) is 0 Å². The lowest BCUT2D eigenvalue weighted by Gasteiger charge is -2.27. The maximum atomic E-state index is 12.4. The van der Waals surface area contributed by atoms with Crippen LogP contribution in [0.3, 0.4) is 0 Å². The number of benzene rings is 2. The van der Waals surface area contributed by atoms with E-state index in [1.165, 1.54) is 25.1 Å². The van der Waals surface area contributed by atoms with E-state index in [9.17, 15) is 19.8 Å². The van der Waals surface area contributed by atoms with Gasteiger partial charge in [0, 0.05) is 17.2 Å². The molecular weight excluding hydrogens is 336 g/mol. The predicted molar refractivity (Wildman–Crippen MR) is 94.8 cm³/mol. The summed E-state index contributed by atoms with van der Waals surface area (Å²) >= 11 is 0. The molecule has 0 heterocycles. The van der Waals surface area contributed by atoms with E-state index < -0.39 is 11.9 Å². The maximum Gasteiger partial charge on any atom is 0.371 e. The molecule has 6 heteroatoms. The first-order valence-electron chi connectivity index (χ1n) is 7.98. The Bertz CT molecular complexity index is 827. The van der Waals surface area contributed by atoms with Crippen LogP contribution >= 0.6 is 0 Å². The van der Waals surface area contributed by atoms with Crippen molar-refractivity contribution in [2.24, 2.45) is 0 Å². The Morgan fingerprint density at radius 2 is 1.81 bits per heavy atom. The third kappa shape index (κ3) is 4.49. The molecule has 0 aliphatic heterocycles. The van der Waals surface area contributed by atoms with Gasteiger partial charge < -0.3 is 19.7 Å². The number of carbonyl (C=O) groups excluding carboxylic acids is 2. The van der Waals surface area contributed by atoms with Crippen molar-refractivity contribution in [1.82, 2.24) is 0 Å². The van der Waals surface area contributed by atoms with Gasteiger partial charge in [0.1, 0.15) is 11.5 Å². The number of hydrogen-bond donors (Lipinski definition) is 2. The van der Waals surface area contributed by atoms with Crippen LogP contribution in [0.15, 0.2) is 60.7 Å². The molecule has 0 amide bonds. The zero-order valence-electron chi connectivity index (χ0n) is 14.6. The number of carbonyl (C=O) groups is 2. The highest BCUT2D eigenvalue weighted by atomic mass is 16.8. The smallest absolute Gasteiger partial charge is 0.371 e.